The maximum atomic E-state index is 3.61. The van der Waals surface area contributed by atoms with Crippen molar-refractivity contribution in [3.05, 3.63) is 0 Å². The summed E-state index contributed by atoms with van der Waals surface area (Å²) in [5, 5.41) is 3.61. The van der Waals surface area contributed by atoms with Crippen LogP contribution in [0.1, 0.15) is 98.3 Å². The van der Waals surface area contributed by atoms with Crippen LogP contribution in [-0.4, -0.2) is 60.1 Å². The smallest absolute Gasteiger partial charge is 0.0153 e. The molecule has 1 aliphatic carbocycles. The fourth-order valence-electron chi connectivity index (χ4n) is 6.95. The Morgan fingerprint density at radius 3 is 1.54 bits per heavy atom. The van der Waals surface area contributed by atoms with E-state index in [1.807, 2.05) is 0 Å². The number of hydrogen-bond acceptors (Lipinski definition) is 3. The first-order chi connectivity index (χ1) is 13.2. The molecule has 3 aliphatic heterocycles. The van der Waals surface area contributed by atoms with E-state index in [1.54, 1.807) is 0 Å². The SMILES string of the molecule is CC(C)(CCC(C)(C)N1CCC2(CCNC2)CC1)N1CCC2(CCCC2)CC1. The maximum absolute atomic E-state index is 3.61. The minimum atomic E-state index is 0.341. The van der Waals surface area contributed by atoms with Crippen molar-refractivity contribution in [1.82, 2.24) is 15.1 Å². The van der Waals surface area contributed by atoms with Crippen molar-refractivity contribution in [1.29, 1.82) is 0 Å². The highest BCUT2D eigenvalue weighted by Crippen LogP contribution is 2.47. The van der Waals surface area contributed by atoms with Gasteiger partial charge in [0, 0.05) is 17.6 Å². The van der Waals surface area contributed by atoms with Gasteiger partial charge in [0.2, 0.25) is 0 Å². The van der Waals surface area contributed by atoms with Crippen molar-refractivity contribution in [3.8, 4) is 0 Å². The summed E-state index contributed by atoms with van der Waals surface area (Å²) in [5.41, 5.74) is 2.07. The Labute approximate surface area is 175 Å². The lowest BCUT2D eigenvalue weighted by atomic mass is 9.75. The standard InChI is InChI=1S/C25H47N3/c1-22(2,27-17-12-24(13-18-27)7-5-6-8-24)9-10-23(3,4)28-19-14-25(15-20-28)11-16-26-21-25/h26H,5-21H2,1-4H3. The van der Waals surface area contributed by atoms with Gasteiger partial charge in [-0.05, 0) is 129 Å². The van der Waals surface area contributed by atoms with Crippen molar-refractivity contribution in [3.63, 3.8) is 0 Å². The Kier molecular flexibility index (Phi) is 5.92. The van der Waals surface area contributed by atoms with E-state index in [1.165, 1.54) is 110 Å². The van der Waals surface area contributed by atoms with Crippen molar-refractivity contribution in [2.75, 3.05) is 39.3 Å². The molecule has 4 aliphatic rings. The molecule has 2 spiro atoms. The van der Waals surface area contributed by atoms with Crippen molar-refractivity contribution in [2.45, 2.75) is 109 Å². The van der Waals surface area contributed by atoms with Gasteiger partial charge in [-0.2, -0.15) is 0 Å². The summed E-state index contributed by atoms with van der Waals surface area (Å²) in [7, 11) is 0. The molecule has 3 nitrogen and oxygen atoms in total. The first-order valence-electron chi connectivity index (χ1n) is 12.5. The third-order valence-electron chi connectivity index (χ3n) is 9.71. The number of hydrogen-bond donors (Lipinski definition) is 1. The second-order valence-electron chi connectivity index (χ2n) is 12.2. The molecule has 4 rings (SSSR count). The molecule has 0 radical (unpaired) electrons. The van der Waals surface area contributed by atoms with Gasteiger partial charge in [0.1, 0.15) is 0 Å². The molecule has 28 heavy (non-hydrogen) atoms. The Morgan fingerprint density at radius 2 is 1.11 bits per heavy atom. The fourth-order valence-corrected chi connectivity index (χ4v) is 6.95. The third-order valence-corrected chi connectivity index (χ3v) is 9.71. The fraction of sp³-hybridized carbons (Fsp3) is 1.00. The monoisotopic (exact) mass is 389 g/mol. The zero-order chi connectivity index (χ0) is 19.9. The van der Waals surface area contributed by atoms with Gasteiger partial charge in [0.15, 0.2) is 0 Å². The van der Waals surface area contributed by atoms with E-state index in [-0.39, 0.29) is 0 Å². The van der Waals surface area contributed by atoms with Crippen LogP contribution in [-0.2, 0) is 0 Å². The second-order valence-corrected chi connectivity index (χ2v) is 12.2. The highest BCUT2D eigenvalue weighted by Gasteiger charge is 2.43. The highest BCUT2D eigenvalue weighted by atomic mass is 15.2. The van der Waals surface area contributed by atoms with Crippen molar-refractivity contribution >= 4 is 0 Å². The first kappa shape index (κ1) is 21.1. The van der Waals surface area contributed by atoms with E-state index < -0.39 is 0 Å². The Morgan fingerprint density at radius 1 is 0.643 bits per heavy atom. The molecule has 0 aromatic heterocycles. The molecule has 0 bridgehead atoms. The van der Waals surface area contributed by atoms with Gasteiger partial charge in [0.25, 0.3) is 0 Å². The molecule has 3 saturated heterocycles. The van der Waals surface area contributed by atoms with Crippen LogP contribution in [0.25, 0.3) is 0 Å². The van der Waals surface area contributed by atoms with Crippen LogP contribution in [0.15, 0.2) is 0 Å². The van der Waals surface area contributed by atoms with Gasteiger partial charge in [-0.25, -0.2) is 0 Å². The summed E-state index contributed by atoms with van der Waals surface area (Å²) < 4.78 is 0. The van der Waals surface area contributed by atoms with Gasteiger partial charge in [-0.3, -0.25) is 9.80 Å². The van der Waals surface area contributed by atoms with E-state index in [9.17, 15) is 0 Å². The molecule has 162 valence electrons. The largest absolute Gasteiger partial charge is 0.316 e. The molecular weight excluding hydrogens is 342 g/mol. The maximum Gasteiger partial charge on any atom is 0.0153 e. The number of likely N-dealkylation sites (tertiary alicyclic amines) is 2. The van der Waals surface area contributed by atoms with Gasteiger partial charge >= 0.3 is 0 Å². The molecule has 0 atom stereocenters. The highest BCUT2D eigenvalue weighted by molar-refractivity contribution is 4.98. The van der Waals surface area contributed by atoms with E-state index >= 15 is 0 Å². The van der Waals surface area contributed by atoms with Crippen LogP contribution in [0.5, 0.6) is 0 Å². The van der Waals surface area contributed by atoms with Gasteiger partial charge in [-0.1, -0.05) is 12.8 Å². The third kappa shape index (κ3) is 4.32. The minimum Gasteiger partial charge on any atom is -0.316 e. The van der Waals surface area contributed by atoms with Crippen molar-refractivity contribution < 1.29 is 0 Å². The molecule has 0 aromatic rings. The second kappa shape index (κ2) is 7.85. The lowest BCUT2D eigenvalue weighted by Gasteiger charge is -2.50. The zero-order valence-corrected chi connectivity index (χ0v) is 19.4. The summed E-state index contributed by atoms with van der Waals surface area (Å²) in [5.74, 6) is 0. The predicted molar refractivity (Wildman–Crippen MR) is 120 cm³/mol. The summed E-state index contributed by atoms with van der Waals surface area (Å²) in [4.78, 5) is 5.65. The Bertz CT molecular complexity index is 458. The van der Waals surface area contributed by atoms with Crippen LogP contribution in [0.3, 0.4) is 0 Å². The molecule has 4 fully saturated rings. The molecular formula is C25H47N3. The number of nitrogens with zero attached hydrogens (tertiary/aromatic N) is 2. The molecule has 3 heteroatoms. The van der Waals surface area contributed by atoms with Crippen LogP contribution in [0, 0.1) is 10.8 Å². The van der Waals surface area contributed by atoms with Gasteiger partial charge < -0.3 is 5.32 Å². The molecule has 0 amide bonds. The van der Waals surface area contributed by atoms with E-state index in [2.05, 4.69) is 42.8 Å². The van der Waals surface area contributed by atoms with Gasteiger partial charge in [-0.15, -0.1) is 0 Å². The Hall–Kier alpha value is -0.120. The summed E-state index contributed by atoms with van der Waals surface area (Å²) in [6.45, 7) is 17.9. The molecule has 3 heterocycles. The molecule has 1 N–H and O–H groups in total. The number of rotatable bonds is 5. The summed E-state index contributed by atoms with van der Waals surface area (Å²) >= 11 is 0. The number of nitrogens with one attached hydrogen (secondary N) is 1. The first-order valence-corrected chi connectivity index (χ1v) is 12.5. The van der Waals surface area contributed by atoms with E-state index in [4.69, 9.17) is 0 Å². The zero-order valence-electron chi connectivity index (χ0n) is 19.4. The van der Waals surface area contributed by atoms with Crippen molar-refractivity contribution in [2.24, 2.45) is 10.8 Å². The van der Waals surface area contributed by atoms with Crippen LogP contribution < -0.4 is 5.32 Å². The minimum absolute atomic E-state index is 0.341. The lowest BCUT2D eigenvalue weighted by Crippen LogP contribution is -2.54. The summed E-state index contributed by atoms with van der Waals surface area (Å²) in [6, 6.07) is 0. The van der Waals surface area contributed by atoms with E-state index in [0.717, 1.165) is 5.41 Å². The molecule has 0 unspecified atom stereocenters. The average molecular weight is 390 g/mol. The van der Waals surface area contributed by atoms with Crippen LogP contribution >= 0.6 is 0 Å². The normalized spacial score (nSPS) is 29.1. The average Bonchev–Trinajstić information content (AvgIpc) is 3.32. The van der Waals surface area contributed by atoms with E-state index in [0.29, 0.717) is 16.5 Å². The molecule has 1 saturated carbocycles. The van der Waals surface area contributed by atoms with Crippen LogP contribution in [0.2, 0.25) is 0 Å². The Balaban J connectivity index is 1.26. The molecule has 0 aromatic carbocycles. The number of piperidine rings is 2. The topological polar surface area (TPSA) is 18.5 Å². The quantitative estimate of drug-likeness (QED) is 0.709. The predicted octanol–water partition coefficient (Wildman–Crippen LogP) is 5.06. The van der Waals surface area contributed by atoms with Crippen LogP contribution in [0.4, 0.5) is 0 Å². The van der Waals surface area contributed by atoms with Gasteiger partial charge in [0.05, 0.1) is 0 Å². The lowest BCUT2D eigenvalue weighted by molar-refractivity contribution is 0.00511. The summed E-state index contributed by atoms with van der Waals surface area (Å²) in [6.07, 6.45) is 15.8.